The summed E-state index contributed by atoms with van der Waals surface area (Å²) in [4.78, 5) is 15.4. The first-order chi connectivity index (χ1) is 15.4. The van der Waals surface area contributed by atoms with E-state index in [0.717, 1.165) is 24.1 Å². The van der Waals surface area contributed by atoms with Crippen LogP contribution in [0.15, 0.2) is 77.7 Å². The van der Waals surface area contributed by atoms with Gasteiger partial charge in [-0.25, -0.2) is 8.42 Å². The zero-order chi connectivity index (χ0) is 22.3. The molecule has 0 N–H and O–H groups in total. The maximum Gasteiger partial charge on any atom is 0.269 e. The van der Waals surface area contributed by atoms with Crippen molar-refractivity contribution in [3.63, 3.8) is 0 Å². The van der Waals surface area contributed by atoms with Gasteiger partial charge in [0.25, 0.3) is 15.9 Å². The summed E-state index contributed by atoms with van der Waals surface area (Å²) in [5.41, 5.74) is 2.28. The predicted molar refractivity (Wildman–Crippen MR) is 124 cm³/mol. The number of fused-ring (bicyclic) bond motifs is 2. The molecule has 0 bridgehead atoms. The van der Waals surface area contributed by atoms with Crippen molar-refractivity contribution in [2.24, 2.45) is 0 Å². The van der Waals surface area contributed by atoms with Crippen molar-refractivity contribution in [3.8, 4) is 5.75 Å². The van der Waals surface area contributed by atoms with E-state index in [-0.39, 0.29) is 17.3 Å². The molecular weight excluding hydrogens is 448 g/mol. The van der Waals surface area contributed by atoms with E-state index in [2.05, 4.69) is 0 Å². The molecule has 0 saturated heterocycles. The van der Waals surface area contributed by atoms with Crippen LogP contribution in [0.2, 0.25) is 5.02 Å². The number of benzene rings is 3. The Labute approximate surface area is 192 Å². The van der Waals surface area contributed by atoms with Crippen LogP contribution >= 0.6 is 11.6 Å². The molecule has 32 heavy (non-hydrogen) atoms. The van der Waals surface area contributed by atoms with Gasteiger partial charge in [0.15, 0.2) is 6.10 Å². The molecular formula is C24H21ClN2O4S. The van der Waals surface area contributed by atoms with Gasteiger partial charge in [0.1, 0.15) is 5.75 Å². The number of para-hydroxylation sites is 1. The zero-order valence-electron chi connectivity index (χ0n) is 17.1. The lowest BCUT2D eigenvalue weighted by atomic mass is 10.0. The number of halogens is 1. The summed E-state index contributed by atoms with van der Waals surface area (Å²) < 4.78 is 34.3. The Morgan fingerprint density at radius 2 is 1.72 bits per heavy atom. The van der Waals surface area contributed by atoms with Crippen LogP contribution in [0, 0.1) is 0 Å². The summed E-state index contributed by atoms with van der Waals surface area (Å²) in [5.74, 6) is 0.0508. The third-order valence-corrected chi connectivity index (χ3v) is 7.80. The second kappa shape index (κ2) is 8.15. The van der Waals surface area contributed by atoms with Gasteiger partial charge in [0.05, 0.1) is 17.1 Å². The largest absolute Gasteiger partial charge is 0.476 e. The number of hydrogen-bond donors (Lipinski definition) is 0. The Hall–Kier alpha value is -3.03. The van der Waals surface area contributed by atoms with Gasteiger partial charge in [0.2, 0.25) is 0 Å². The molecule has 3 aromatic carbocycles. The molecule has 0 radical (unpaired) electrons. The molecule has 0 aromatic heterocycles. The highest BCUT2D eigenvalue weighted by atomic mass is 35.5. The summed E-state index contributed by atoms with van der Waals surface area (Å²) in [5, 5.41) is 0.385. The van der Waals surface area contributed by atoms with Crippen molar-refractivity contribution >= 4 is 38.9 Å². The van der Waals surface area contributed by atoms with Gasteiger partial charge >= 0.3 is 0 Å². The molecule has 2 aliphatic heterocycles. The van der Waals surface area contributed by atoms with E-state index in [1.54, 1.807) is 41.3 Å². The molecule has 1 amide bonds. The number of sulfonamides is 1. The van der Waals surface area contributed by atoms with Crippen LogP contribution in [-0.2, 0) is 21.2 Å². The molecule has 0 fully saturated rings. The highest BCUT2D eigenvalue weighted by Gasteiger charge is 2.40. The van der Waals surface area contributed by atoms with Gasteiger partial charge < -0.3 is 9.64 Å². The van der Waals surface area contributed by atoms with Crippen molar-refractivity contribution in [3.05, 3.63) is 83.4 Å². The fourth-order valence-electron chi connectivity index (χ4n) is 4.24. The first-order valence-electron chi connectivity index (χ1n) is 10.4. The summed E-state index contributed by atoms with van der Waals surface area (Å²) in [6.07, 6.45) is 0.767. The third kappa shape index (κ3) is 3.61. The third-order valence-electron chi connectivity index (χ3n) is 5.77. The molecule has 3 aromatic rings. The lowest BCUT2D eigenvalue weighted by Gasteiger charge is -2.38. The van der Waals surface area contributed by atoms with Gasteiger partial charge in [0, 0.05) is 17.3 Å². The zero-order valence-corrected chi connectivity index (χ0v) is 18.7. The van der Waals surface area contributed by atoms with Gasteiger partial charge in [-0.3, -0.25) is 9.10 Å². The van der Waals surface area contributed by atoms with Gasteiger partial charge in [-0.2, -0.15) is 0 Å². The summed E-state index contributed by atoms with van der Waals surface area (Å²) in [6.45, 7) is 0.427. The highest BCUT2D eigenvalue weighted by molar-refractivity contribution is 7.92. The van der Waals surface area contributed by atoms with Crippen LogP contribution in [0.3, 0.4) is 0 Å². The molecule has 0 aliphatic carbocycles. The lowest BCUT2D eigenvalue weighted by molar-refractivity contribution is -0.125. The molecule has 8 heteroatoms. The molecule has 5 rings (SSSR count). The quantitative estimate of drug-likeness (QED) is 0.575. The summed E-state index contributed by atoms with van der Waals surface area (Å²) >= 11 is 6.16. The van der Waals surface area contributed by atoms with E-state index < -0.39 is 16.1 Å². The molecule has 2 heterocycles. The number of amides is 1. The lowest BCUT2D eigenvalue weighted by Crippen LogP contribution is -2.52. The first kappa shape index (κ1) is 20.8. The minimum absolute atomic E-state index is 0.137. The number of anilines is 2. The normalized spacial score (nSPS) is 17.8. The van der Waals surface area contributed by atoms with Crippen LogP contribution in [0.1, 0.15) is 12.0 Å². The molecule has 0 saturated carbocycles. The van der Waals surface area contributed by atoms with E-state index in [1.807, 2.05) is 24.3 Å². The Morgan fingerprint density at radius 3 is 2.53 bits per heavy atom. The topological polar surface area (TPSA) is 66.9 Å². The van der Waals surface area contributed by atoms with Crippen molar-refractivity contribution in [2.45, 2.75) is 23.8 Å². The maximum absolute atomic E-state index is 13.6. The van der Waals surface area contributed by atoms with Gasteiger partial charge in [-0.15, -0.1) is 0 Å². The van der Waals surface area contributed by atoms with E-state index in [4.69, 9.17) is 16.3 Å². The van der Waals surface area contributed by atoms with E-state index in [0.29, 0.717) is 23.0 Å². The number of nitrogens with zero attached hydrogens (tertiary/aromatic N) is 2. The molecule has 1 atom stereocenters. The highest BCUT2D eigenvalue weighted by Crippen LogP contribution is 2.39. The number of carbonyl (C=O) groups excluding carboxylic acids is 1. The standard InChI is InChI=1S/C24H21ClN2O4S/c25-18-12-13-22-21(15-18)27(32(29,30)19-9-2-1-3-10-19)16-23(31-22)24(28)26-14-6-8-17-7-4-5-11-20(17)26/h1-5,7,9-13,15,23H,6,8,14,16H2. The predicted octanol–water partition coefficient (Wildman–Crippen LogP) is 4.28. The maximum atomic E-state index is 13.6. The Kier molecular flexibility index (Phi) is 5.31. The Balaban J connectivity index is 1.54. The Morgan fingerprint density at radius 1 is 0.969 bits per heavy atom. The van der Waals surface area contributed by atoms with Crippen LogP contribution in [0.4, 0.5) is 11.4 Å². The monoisotopic (exact) mass is 468 g/mol. The van der Waals surface area contributed by atoms with E-state index in [9.17, 15) is 13.2 Å². The molecule has 164 valence electrons. The number of hydrogen-bond acceptors (Lipinski definition) is 4. The van der Waals surface area contributed by atoms with Crippen LogP contribution in [0.25, 0.3) is 0 Å². The number of aryl methyl sites for hydroxylation is 1. The fourth-order valence-corrected chi connectivity index (χ4v) is 5.89. The Bertz CT molecular complexity index is 1280. The number of carbonyl (C=O) groups is 1. The molecule has 6 nitrogen and oxygen atoms in total. The van der Waals surface area contributed by atoms with Crippen LogP contribution < -0.4 is 13.9 Å². The average Bonchev–Trinajstić information content (AvgIpc) is 2.83. The van der Waals surface area contributed by atoms with Crippen LogP contribution in [0.5, 0.6) is 5.75 Å². The van der Waals surface area contributed by atoms with Crippen molar-refractivity contribution in [2.75, 3.05) is 22.3 Å². The van der Waals surface area contributed by atoms with Crippen molar-refractivity contribution < 1.29 is 17.9 Å². The SMILES string of the molecule is O=C(C1CN(S(=O)(=O)c2ccccc2)c2cc(Cl)ccc2O1)N1CCCc2ccccc21. The van der Waals surface area contributed by atoms with E-state index in [1.165, 1.54) is 16.4 Å². The molecule has 2 aliphatic rings. The summed E-state index contributed by atoms with van der Waals surface area (Å²) in [6, 6.07) is 20.7. The second-order valence-corrected chi connectivity index (χ2v) is 10.1. The number of ether oxygens (including phenoxy) is 1. The summed E-state index contributed by atoms with van der Waals surface area (Å²) in [7, 11) is -3.93. The first-order valence-corrected chi connectivity index (χ1v) is 12.2. The minimum Gasteiger partial charge on any atom is -0.476 e. The van der Waals surface area contributed by atoms with Crippen molar-refractivity contribution in [1.82, 2.24) is 0 Å². The fraction of sp³-hybridized carbons (Fsp3) is 0.208. The molecule has 1 unspecified atom stereocenters. The minimum atomic E-state index is -3.93. The van der Waals surface area contributed by atoms with Crippen molar-refractivity contribution in [1.29, 1.82) is 0 Å². The smallest absolute Gasteiger partial charge is 0.269 e. The number of rotatable bonds is 3. The van der Waals surface area contributed by atoms with Crippen LogP contribution in [-0.4, -0.2) is 33.5 Å². The second-order valence-electron chi connectivity index (χ2n) is 7.79. The average molecular weight is 469 g/mol. The van der Waals surface area contributed by atoms with E-state index >= 15 is 0 Å². The van der Waals surface area contributed by atoms with Gasteiger partial charge in [-0.05, 0) is 54.8 Å². The van der Waals surface area contributed by atoms with Gasteiger partial charge in [-0.1, -0.05) is 48.0 Å². The molecule has 0 spiro atoms.